The molecule has 1 fully saturated rings. The Bertz CT molecular complexity index is 1420. The molecule has 8 heteroatoms. The summed E-state index contributed by atoms with van der Waals surface area (Å²) in [4.78, 5) is 39.3. The molecule has 4 amide bonds. The summed E-state index contributed by atoms with van der Waals surface area (Å²) in [7, 11) is 0. The number of benzene rings is 3. The predicted molar refractivity (Wildman–Crippen MR) is 143 cm³/mol. The van der Waals surface area contributed by atoms with Gasteiger partial charge in [0.15, 0.2) is 11.5 Å². The number of amides is 4. The van der Waals surface area contributed by atoms with Gasteiger partial charge in [0.2, 0.25) is 0 Å². The van der Waals surface area contributed by atoms with Gasteiger partial charge in [0, 0.05) is 0 Å². The van der Waals surface area contributed by atoms with Crippen LogP contribution in [0.15, 0.2) is 72.3 Å². The third kappa shape index (κ3) is 6.02. The van der Waals surface area contributed by atoms with Crippen LogP contribution in [-0.4, -0.2) is 31.1 Å². The zero-order valence-electron chi connectivity index (χ0n) is 21.0. The zero-order chi connectivity index (χ0) is 27.1. The van der Waals surface area contributed by atoms with E-state index in [9.17, 15) is 14.4 Å². The van der Waals surface area contributed by atoms with Crippen molar-refractivity contribution >= 4 is 29.6 Å². The molecule has 0 bridgehead atoms. The summed E-state index contributed by atoms with van der Waals surface area (Å²) in [6.45, 7) is 4.64. The summed E-state index contributed by atoms with van der Waals surface area (Å²) in [6.07, 6.45) is 6.65. The lowest BCUT2D eigenvalue weighted by molar-refractivity contribution is -0.122. The number of anilines is 1. The molecule has 0 spiro atoms. The van der Waals surface area contributed by atoms with Crippen LogP contribution in [0, 0.1) is 19.3 Å². The van der Waals surface area contributed by atoms with Crippen LogP contribution in [0.3, 0.4) is 0 Å². The van der Waals surface area contributed by atoms with Crippen LogP contribution in [0.5, 0.6) is 17.2 Å². The van der Waals surface area contributed by atoms with E-state index in [0.29, 0.717) is 41.7 Å². The van der Waals surface area contributed by atoms with Crippen molar-refractivity contribution in [1.29, 1.82) is 0 Å². The minimum atomic E-state index is -0.835. The van der Waals surface area contributed by atoms with Crippen LogP contribution in [-0.2, 0) is 16.2 Å². The molecule has 0 saturated carbocycles. The lowest BCUT2D eigenvalue weighted by Gasteiger charge is -2.26. The van der Waals surface area contributed by atoms with Crippen molar-refractivity contribution in [3.8, 4) is 29.6 Å². The number of terminal acetylenes is 1. The molecule has 1 aliphatic heterocycles. The number of nitrogens with zero attached hydrogens (tertiary/aromatic N) is 1. The molecule has 192 valence electrons. The van der Waals surface area contributed by atoms with Crippen LogP contribution in [0.2, 0.25) is 0 Å². The van der Waals surface area contributed by atoms with Gasteiger partial charge in [-0.2, -0.15) is 0 Å². The van der Waals surface area contributed by atoms with Crippen molar-refractivity contribution in [2.24, 2.45) is 0 Å². The Hall–Kier alpha value is -5.03. The molecule has 1 aliphatic rings. The lowest BCUT2D eigenvalue weighted by atomic mass is 10.1. The Morgan fingerprint density at radius 1 is 0.921 bits per heavy atom. The molecule has 38 heavy (non-hydrogen) atoms. The van der Waals surface area contributed by atoms with Gasteiger partial charge in [-0.05, 0) is 67.4 Å². The molecule has 3 aromatic carbocycles. The first-order valence-electron chi connectivity index (χ1n) is 11.9. The van der Waals surface area contributed by atoms with Crippen LogP contribution in [0.25, 0.3) is 6.08 Å². The van der Waals surface area contributed by atoms with Crippen LogP contribution in [0.4, 0.5) is 10.5 Å². The molecule has 3 aromatic rings. The minimum absolute atomic E-state index is 0.0637. The maximum atomic E-state index is 13.3. The largest absolute Gasteiger partial charge is 0.490 e. The Morgan fingerprint density at radius 3 is 2.34 bits per heavy atom. The summed E-state index contributed by atoms with van der Waals surface area (Å²) in [6, 6.07) is 18.6. The Labute approximate surface area is 220 Å². The molecule has 0 unspecified atom stereocenters. The maximum Gasteiger partial charge on any atom is 0.335 e. The second-order valence-corrected chi connectivity index (χ2v) is 8.36. The lowest BCUT2D eigenvalue weighted by Crippen LogP contribution is -2.54. The molecule has 1 N–H and O–H groups in total. The second-order valence-electron chi connectivity index (χ2n) is 8.36. The van der Waals surface area contributed by atoms with Crippen molar-refractivity contribution < 1.29 is 28.6 Å². The first-order valence-corrected chi connectivity index (χ1v) is 11.9. The Kier molecular flexibility index (Phi) is 8.09. The molecular formula is C30H26N2O6. The van der Waals surface area contributed by atoms with E-state index in [-0.39, 0.29) is 12.2 Å². The summed E-state index contributed by atoms with van der Waals surface area (Å²) >= 11 is 0. The van der Waals surface area contributed by atoms with E-state index in [1.807, 2.05) is 38.1 Å². The quantitative estimate of drug-likeness (QED) is 0.256. The number of urea groups is 1. The molecule has 4 rings (SSSR count). The van der Waals surface area contributed by atoms with E-state index in [4.69, 9.17) is 20.6 Å². The van der Waals surface area contributed by atoms with Crippen molar-refractivity contribution in [2.75, 3.05) is 18.1 Å². The third-order valence-corrected chi connectivity index (χ3v) is 5.61. The van der Waals surface area contributed by atoms with Crippen molar-refractivity contribution in [2.45, 2.75) is 20.5 Å². The Balaban J connectivity index is 1.53. The molecule has 1 saturated heterocycles. The summed E-state index contributed by atoms with van der Waals surface area (Å²) in [5.74, 6) is 2.27. The first-order chi connectivity index (χ1) is 18.4. The smallest absolute Gasteiger partial charge is 0.335 e. The highest BCUT2D eigenvalue weighted by Gasteiger charge is 2.36. The summed E-state index contributed by atoms with van der Waals surface area (Å²) in [5.41, 5.74) is 2.77. The fraction of sp³-hybridized carbons (Fsp3) is 0.167. The molecule has 0 atom stereocenters. The van der Waals surface area contributed by atoms with E-state index < -0.39 is 17.8 Å². The van der Waals surface area contributed by atoms with Crippen molar-refractivity contribution in [3.63, 3.8) is 0 Å². The molecule has 1 heterocycles. The van der Waals surface area contributed by atoms with Gasteiger partial charge in [-0.15, -0.1) is 6.42 Å². The van der Waals surface area contributed by atoms with E-state index in [2.05, 4.69) is 11.2 Å². The van der Waals surface area contributed by atoms with Crippen LogP contribution in [0.1, 0.15) is 23.6 Å². The SMILES string of the molecule is C#CCOc1ccc(/C=C2\C(=O)NC(=O)N(c3ccc(OCc4ccc(C)cc4)cc3)C2=O)cc1OCC. The zero-order valence-corrected chi connectivity index (χ0v) is 21.0. The number of ether oxygens (including phenoxy) is 3. The average Bonchev–Trinajstić information content (AvgIpc) is 2.91. The maximum absolute atomic E-state index is 13.3. The number of aryl methyl sites for hydroxylation is 1. The van der Waals surface area contributed by atoms with Gasteiger partial charge in [0.1, 0.15) is 24.5 Å². The molecule has 8 nitrogen and oxygen atoms in total. The highest BCUT2D eigenvalue weighted by atomic mass is 16.5. The van der Waals surface area contributed by atoms with Crippen LogP contribution >= 0.6 is 0 Å². The summed E-state index contributed by atoms with van der Waals surface area (Å²) in [5, 5.41) is 2.22. The van der Waals surface area contributed by atoms with Gasteiger partial charge in [0.05, 0.1) is 12.3 Å². The molecule has 0 aliphatic carbocycles. The van der Waals surface area contributed by atoms with Crippen molar-refractivity contribution in [1.82, 2.24) is 5.32 Å². The number of barbiturate groups is 1. The van der Waals surface area contributed by atoms with E-state index in [1.54, 1.807) is 42.5 Å². The van der Waals surface area contributed by atoms with Gasteiger partial charge < -0.3 is 14.2 Å². The summed E-state index contributed by atoms with van der Waals surface area (Å²) < 4.78 is 16.9. The number of nitrogens with one attached hydrogen (secondary N) is 1. The average molecular weight is 511 g/mol. The van der Waals surface area contributed by atoms with Gasteiger partial charge in [-0.25, -0.2) is 9.69 Å². The van der Waals surface area contributed by atoms with Crippen molar-refractivity contribution in [3.05, 3.63) is 89.0 Å². The highest BCUT2D eigenvalue weighted by Crippen LogP contribution is 2.30. The monoisotopic (exact) mass is 510 g/mol. The molecule has 0 aromatic heterocycles. The number of rotatable bonds is 9. The first kappa shape index (κ1) is 26.0. The van der Waals surface area contributed by atoms with E-state index in [0.717, 1.165) is 16.0 Å². The fourth-order valence-electron chi connectivity index (χ4n) is 3.72. The van der Waals surface area contributed by atoms with E-state index in [1.165, 1.54) is 6.08 Å². The number of hydrogen-bond donors (Lipinski definition) is 1. The topological polar surface area (TPSA) is 94.2 Å². The van der Waals surface area contributed by atoms with Gasteiger partial charge in [-0.3, -0.25) is 14.9 Å². The number of hydrogen-bond acceptors (Lipinski definition) is 6. The molecular weight excluding hydrogens is 484 g/mol. The third-order valence-electron chi connectivity index (χ3n) is 5.61. The molecule has 0 radical (unpaired) electrons. The minimum Gasteiger partial charge on any atom is -0.490 e. The number of carbonyl (C=O) groups is 3. The standard InChI is InChI=1S/C30H26N2O6/c1-4-16-37-26-15-10-22(18-27(26)36-5-2)17-25-28(33)31-30(35)32(29(25)34)23-11-13-24(14-12-23)38-19-21-8-6-20(3)7-9-21/h1,6-15,17-18H,5,16,19H2,2-3H3,(H,31,33,35)/b25-17+. The normalized spacial score (nSPS) is 14.2. The van der Waals surface area contributed by atoms with E-state index >= 15 is 0 Å². The van der Waals surface area contributed by atoms with Gasteiger partial charge >= 0.3 is 6.03 Å². The number of carbonyl (C=O) groups excluding carboxylic acids is 3. The predicted octanol–water partition coefficient (Wildman–Crippen LogP) is 4.65. The fourth-order valence-corrected chi connectivity index (χ4v) is 3.72. The van der Waals surface area contributed by atoms with Crippen LogP contribution < -0.4 is 24.4 Å². The Morgan fingerprint density at radius 2 is 1.66 bits per heavy atom. The van der Waals surface area contributed by atoms with Gasteiger partial charge in [0.25, 0.3) is 11.8 Å². The van der Waals surface area contributed by atoms with Gasteiger partial charge in [-0.1, -0.05) is 41.8 Å². The highest BCUT2D eigenvalue weighted by molar-refractivity contribution is 6.39. The second kappa shape index (κ2) is 11.8. The number of imide groups is 2.